The average molecular weight is 339 g/mol. The first-order valence-corrected chi connectivity index (χ1v) is 9.20. The summed E-state index contributed by atoms with van der Waals surface area (Å²) in [5.74, 6) is 0.550. The Kier molecular flexibility index (Phi) is 5.28. The SMILES string of the molecule is Cc1ccc(C2c3cccn3CCN2CC(=O)NC(C)C(C)C)cc1. The molecule has 0 aliphatic carbocycles. The topological polar surface area (TPSA) is 37.3 Å². The maximum absolute atomic E-state index is 12.5. The number of aryl methyl sites for hydroxylation is 1. The first-order valence-electron chi connectivity index (χ1n) is 9.20. The molecule has 2 heterocycles. The Morgan fingerprint density at radius 2 is 1.88 bits per heavy atom. The molecule has 134 valence electrons. The molecule has 0 spiro atoms. The minimum atomic E-state index is 0.110. The Morgan fingerprint density at radius 1 is 1.16 bits per heavy atom. The van der Waals surface area contributed by atoms with E-state index in [0.29, 0.717) is 12.5 Å². The molecule has 2 aromatic rings. The number of nitrogens with zero attached hydrogens (tertiary/aromatic N) is 2. The third kappa shape index (κ3) is 3.96. The fourth-order valence-corrected chi connectivity index (χ4v) is 3.38. The molecule has 0 saturated heterocycles. The van der Waals surface area contributed by atoms with Crippen molar-refractivity contribution < 1.29 is 4.79 Å². The van der Waals surface area contributed by atoms with Crippen LogP contribution in [0.15, 0.2) is 42.6 Å². The van der Waals surface area contributed by atoms with Crippen molar-refractivity contribution in [2.45, 2.75) is 46.3 Å². The molecule has 4 heteroatoms. The van der Waals surface area contributed by atoms with Crippen LogP contribution in [0.25, 0.3) is 0 Å². The molecule has 1 aliphatic rings. The van der Waals surface area contributed by atoms with Crippen LogP contribution < -0.4 is 5.32 Å². The second kappa shape index (κ2) is 7.44. The van der Waals surface area contributed by atoms with Crippen molar-refractivity contribution in [1.29, 1.82) is 0 Å². The van der Waals surface area contributed by atoms with Crippen LogP contribution in [-0.2, 0) is 11.3 Å². The molecule has 1 aliphatic heterocycles. The van der Waals surface area contributed by atoms with Gasteiger partial charge in [0.2, 0.25) is 5.91 Å². The lowest BCUT2D eigenvalue weighted by molar-refractivity contribution is -0.123. The van der Waals surface area contributed by atoms with Gasteiger partial charge in [-0.05, 0) is 37.5 Å². The summed E-state index contributed by atoms with van der Waals surface area (Å²) in [6.45, 7) is 10.7. The number of carbonyl (C=O) groups is 1. The predicted octanol–water partition coefficient (Wildman–Crippen LogP) is 3.36. The minimum Gasteiger partial charge on any atom is -0.352 e. The van der Waals surface area contributed by atoms with Gasteiger partial charge in [0.1, 0.15) is 0 Å². The highest BCUT2D eigenvalue weighted by Gasteiger charge is 2.30. The zero-order chi connectivity index (χ0) is 18.0. The van der Waals surface area contributed by atoms with Gasteiger partial charge in [0.05, 0.1) is 12.6 Å². The summed E-state index contributed by atoms with van der Waals surface area (Å²) in [7, 11) is 0. The summed E-state index contributed by atoms with van der Waals surface area (Å²) in [6.07, 6.45) is 2.13. The van der Waals surface area contributed by atoms with Crippen molar-refractivity contribution in [3.63, 3.8) is 0 Å². The average Bonchev–Trinajstić information content (AvgIpc) is 3.04. The van der Waals surface area contributed by atoms with E-state index in [1.165, 1.54) is 16.8 Å². The second-order valence-electron chi connectivity index (χ2n) is 7.51. The summed E-state index contributed by atoms with van der Waals surface area (Å²) in [5, 5.41) is 3.14. The van der Waals surface area contributed by atoms with Crippen molar-refractivity contribution in [3.8, 4) is 0 Å². The molecule has 2 unspecified atom stereocenters. The van der Waals surface area contributed by atoms with Gasteiger partial charge in [-0.2, -0.15) is 0 Å². The summed E-state index contributed by atoms with van der Waals surface area (Å²) >= 11 is 0. The molecule has 1 N–H and O–H groups in total. The molecule has 0 radical (unpaired) electrons. The molecule has 3 rings (SSSR count). The number of amides is 1. The van der Waals surface area contributed by atoms with Crippen molar-refractivity contribution in [3.05, 3.63) is 59.4 Å². The van der Waals surface area contributed by atoms with Crippen molar-refractivity contribution >= 4 is 5.91 Å². The summed E-state index contributed by atoms with van der Waals surface area (Å²) in [6, 6.07) is 13.3. The number of fused-ring (bicyclic) bond motifs is 1. The molecular formula is C21H29N3O. The van der Waals surface area contributed by atoms with Gasteiger partial charge in [0, 0.05) is 31.0 Å². The number of benzene rings is 1. The highest BCUT2D eigenvalue weighted by atomic mass is 16.2. The zero-order valence-electron chi connectivity index (χ0n) is 15.7. The molecule has 0 bridgehead atoms. The van der Waals surface area contributed by atoms with Gasteiger partial charge >= 0.3 is 0 Å². The van der Waals surface area contributed by atoms with E-state index in [9.17, 15) is 4.79 Å². The van der Waals surface area contributed by atoms with Gasteiger partial charge in [0.15, 0.2) is 0 Å². The van der Waals surface area contributed by atoms with Crippen LogP contribution in [0.4, 0.5) is 0 Å². The standard InChI is InChI=1S/C21H29N3O/c1-15(2)17(4)22-20(25)14-24-13-12-23-11-5-6-19(23)21(24)18-9-7-16(3)8-10-18/h5-11,15,17,21H,12-14H2,1-4H3,(H,22,25). The Morgan fingerprint density at radius 3 is 2.56 bits per heavy atom. The zero-order valence-corrected chi connectivity index (χ0v) is 15.7. The number of rotatable bonds is 5. The van der Waals surface area contributed by atoms with Crippen LogP contribution >= 0.6 is 0 Å². The fourth-order valence-electron chi connectivity index (χ4n) is 3.38. The number of hydrogen-bond acceptors (Lipinski definition) is 2. The van der Waals surface area contributed by atoms with E-state index in [1.807, 2.05) is 0 Å². The lowest BCUT2D eigenvalue weighted by atomic mass is 9.99. The van der Waals surface area contributed by atoms with E-state index in [0.717, 1.165) is 13.1 Å². The number of nitrogens with one attached hydrogen (secondary N) is 1. The maximum atomic E-state index is 12.5. The monoisotopic (exact) mass is 339 g/mol. The lowest BCUT2D eigenvalue weighted by Crippen LogP contribution is -2.47. The van der Waals surface area contributed by atoms with Crippen LogP contribution in [0.3, 0.4) is 0 Å². The van der Waals surface area contributed by atoms with Gasteiger partial charge in [-0.1, -0.05) is 43.7 Å². The first-order chi connectivity index (χ1) is 12.0. The summed E-state index contributed by atoms with van der Waals surface area (Å²) < 4.78 is 2.30. The second-order valence-corrected chi connectivity index (χ2v) is 7.51. The van der Waals surface area contributed by atoms with Crippen molar-refractivity contribution in [2.24, 2.45) is 5.92 Å². The third-order valence-electron chi connectivity index (χ3n) is 5.27. The first kappa shape index (κ1) is 17.7. The van der Waals surface area contributed by atoms with E-state index in [2.05, 4.69) is 85.1 Å². The molecular weight excluding hydrogens is 310 g/mol. The van der Waals surface area contributed by atoms with Gasteiger partial charge in [-0.3, -0.25) is 9.69 Å². The molecule has 0 saturated carbocycles. The molecule has 4 nitrogen and oxygen atoms in total. The Hall–Kier alpha value is -2.07. The van der Waals surface area contributed by atoms with Gasteiger partial charge in [0.25, 0.3) is 0 Å². The van der Waals surface area contributed by atoms with Crippen molar-refractivity contribution in [2.75, 3.05) is 13.1 Å². The van der Waals surface area contributed by atoms with E-state index >= 15 is 0 Å². The van der Waals surface area contributed by atoms with Crippen LogP contribution in [0, 0.1) is 12.8 Å². The normalized spacial score (nSPS) is 18.8. The molecule has 2 atom stereocenters. The highest BCUT2D eigenvalue weighted by molar-refractivity contribution is 5.78. The lowest BCUT2D eigenvalue weighted by Gasteiger charge is -2.37. The summed E-state index contributed by atoms with van der Waals surface area (Å²) in [4.78, 5) is 14.8. The third-order valence-corrected chi connectivity index (χ3v) is 5.27. The molecule has 1 aromatic carbocycles. The Balaban J connectivity index is 1.82. The molecule has 1 aromatic heterocycles. The van der Waals surface area contributed by atoms with Gasteiger partial charge in [-0.15, -0.1) is 0 Å². The van der Waals surface area contributed by atoms with E-state index < -0.39 is 0 Å². The quantitative estimate of drug-likeness (QED) is 0.907. The van der Waals surface area contributed by atoms with E-state index in [1.54, 1.807) is 0 Å². The Labute approximate surface area is 150 Å². The minimum absolute atomic E-state index is 0.110. The Bertz CT molecular complexity index is 717. The van der Waals surface area contributed by atoms with Crippen LogP contribution in [0.5, 0.6) is 0 Å². The molecule has 25 heavy (non-hydrogen) atoms. The van der Waals surface area contributed by atoms with Crippen LogP contribution in [0.2, 0.25) is 0 Å². The highest BCUT2D eigenvalue weighted by Crippen LogP contribution is 2.32. The van der Waals surface area contributed by atoms with Crippen LogP contribution in [-0.4, -0.2) is 34.5 Å². The predicted molar refractivity (Wildman–Crippen MR) is 101 cm³/mol. The van der Waals surface area contributed by atoms with Crippen molar-refractivity contribution in [1.82, 2.24) is 14.8 Å². The maximum Gasteiger partial charge on any atom is 0.234 e. The number of hydrogen-bond donors (Lipinski definition) is 1. The smallest absolute Gasteiger partial charge is 0.234 e. The van der Waals surface area contributed by atoms with E-state index in [-0.39, 0.29) is 18.0 Å². The summed E-state index contributed by atoms with van der Waals surface area (Å²) in [5.41, 5.74) is 3.76. The number of aromatic nitrogens is 1. The van der Waals surface area contributed by atoms with Gasteiger partial charge in [-0.25, -0.2) is 0 Å². The fraction of sp³-hybridized carbons (Fsp3) is 0.476. The number of carbonyl (C=O) groups excluding carboxylic acids is 1. The van der Waals surface area contributed by atoms with E-state index in [4.69, 9.17) is 0 Å². The van der Waals surface area contributed by atoms with Gasteiger partial charge < -0.3 is 9.88 Å². The molecule has 0 fully saturated rings. The largest absolute Gasteiger partial charge is 0.352 e. The molecule has 1 amide bonds. The van der Waals surface area contributed by atoms with Crippen LogP contribution in [0.1, 0.15) is 43.6 Å².